The molecule has 24 heavy (non-hydrogen) atoms. The van der Waals surface area contributed by atoms with Gasteiger partial charge in [0, 0.05) is 11.1 Å². The predicted octanol–water partition coefficient (Wildman–Crippen LogP) is 2.92. The van der Waals surface area contributed by atoms with Crippen molar-refractivity contribution in [3.8, 4) is 5.75 Å². The Kier molecular flexibility index (Phi) is 4.18. The molecule has 0 unspecified atom stereocenters. The first-order valence-electron chi connectivity index (χ1n) is 7.01. The van der Waals surface area contributed by atoms with Crippen molar-refractivity contribution >= 4 is 29.1 Å². The number of imide groups is 1. The highest BCUT2D eigenvalue weighted by Crippen LogP contribution is 2.30. The van der Waals surface area contributed by atoms with Crippen LogP contribution in [-0.4, -0.2) is 34.8 Å². The van der Waals surface area contributed by atoms with Gasteiger partial charge in [0.15, 0.2) is 0 Å². The molecule has 1 aliphatic rings. The quantitative estimate of drug-likeness (QED) is 0.471. The van der Waals surface area contributed by atoms with Crippen LogP contribution in [0.2, 0.25) is 5.02 Å². The molecule has 1 heterocycles. The van der Waals surface area contributed by atoms with Crippen LogP contribution in [0.25, 0.3) is 0 Å². The van der Waals surface area contributed by atoms with Crippen LogP contribution in [0.4, 0.5) is 5.69 Å². The maximum atomic E-state index is 12.3. The number of carbonyl (C=O) groups excluding carboxylic acids is 2. The SMILES string of the molecule is O=C1c2cccc([N+](=O)[O-])c2C(=O)N1CCOc1ccc(Cl)cc1. The van der Waals surface area contributed by atoms with E-state index < -0.39 is 16.7 Å². The summed E-state index contributed by atoms with van der Waals surface area (Å²) in [7, 11) is 0. The number of nitrogens with zero attached hydrogens (tertiary/aromatic N) is 2. The third kappa shape index (κ3) is 2.81. The Morgan fingerprint density at radius 2 is 1.79 bits per heavy atom. The highest BCUT2D eigenvalue weighted by atomic mass is 35.5. The Morgan fingerprint density at radius 3 is 2.46 bits per heavy atom. The molecule has 2 amide bonds. The van der Waals surface area contributed by atoms with E-state index in [1.165, 1.54) is 18.2 Å². The van der Waals surface area contributed by atoms with Crippen LogP contribution < -0.4 is 4.74 Å². The molecule has 0 aromatic heterocycles. The van der Waals surface area contributed by atoms with E-state index in [-0.39, 0.29) is 30.0 Å². The second-order valence-electron chi connectivity index (χ2n) is 5.02. The van der Waals surface area contributed by atoms with Gasteiger partial charge in [-0.2, -0.15) is 0 Å². The van der Waals surface area contributed by atoms with Crippen LogP contribution in [0.3, 0.4) is 0 Å². The molecule has 0 bridgehead atoms. The van der Waals surface area contributed by atoms with Gasteiger partial charge in [-0.05, 0) is 30.3 Å². The number of amides is 2. The van der Waals surface area contributed by atoms with Gasteiger partial charge < -0.3 is 4.74 Å². The van der Waals surface area contributed by atoms with Gasteiger partial charge in [-0.3, -0.25) is 24.6 Å². The minimum absolute atomic E-state index is 0.00781. The number of carbonyl (C=O) groups is 2. The summed E-state index contributed by atoms with van der Waals surface area (Å²) in [4.78, 5) is 35.9. The van der Waals surface area contributed by atoms with E-state index in [1.54, 1.807) is 24.3 Å². The Balaban J connectivity index is 1.73. The van der Waals surface area contributed by atoms with Crippen molar-refractivity contribution in [3.05, 3.63) is 68.7 Å². The fraction of sp³-hybridized carbons (Fsp3) is 0.125. The largest absolute Gasteiger partial charge is 0.492 e. The van der Waals surface area contributed by atoms with Crippen molar-refractivity contribution in [3.63, 3.8) is 0 Å². The third-order valence-corrected chi connectivity index (χ3v) is 3.82. The Hall–Kier alpha value is -2.93. The van der Waals surface area contributed by atoms with Crippen LogP contribution in [0, 0.1) is 10.1 Å². The van der Waals surface area contributed by atoms with Crippen LogP contribution in [-0.2, 0) is 0 Å². The minimum Gasteiger partial charge on any atom is -0.492 e. The monoisotopic (exact) mass is 346 g/mol. The number of hydrogen-bond acceptors (Lipinski definition) is 5. The van der Waals surface area contributed by atoms with E-state index >= 15 is 0 Å². The molecule has 0 saturated heterocycles. The number of nitro groups is 1. The first-order chi connectivity index (χ1) is 11.5. The van der Waals surface area contributed by atoms with E-state index in [1.807, 2.05) is 0 Å². The van der Waals surface area contributed by atoms with Crippen LogP contribution in [0.5, 0.6) is 5.75 Å². The Morgan fingerprint density at radius 1 is 1.08 bits per heavy atom. The minimum atomic E-state index is -0.679. The highest BCUT2D eigenvalue weighted by Gasteiger charge is 2.40. The molecule has 1 aliphatic heterocycles. The smallest absolute Gasteiger partial charge is 0.282 e. The molecule has 7 nitrogen and oxygen atoms in total. The Bertz CT molecular complexity index is 835. The van der Waals surface area contributed by atoms with Crippen LogP contribution in [0.1, 0.15) is 20.7 Å². The molecule has 0 spiro atoms. The first-order valence-corrected chi connectivity index (χ1v) is 7.39. The number of ether oxygens (including phenoxy) is 1. The average molecular weight is 347 g/mol. The molecule has 2 aromatic carbocycles. The van der Waals surface area contributed by atoms with E-state index in [2.05, 4.69) is 0 Å². The molecule has 0 aliphatic carbocycles. The van der Waals surface area contributed by atoms with Gasteiger partial charge in [0.1, 0.15) is 17.9 Å². The van der Waals surface area contributed by atoms with Crippen LogP contribution >= 0.6 is 11.6 Å². The summed E-state index contributed by atoms with van der Waals surface area (Å²) >= 11 is 5.77. The lowest BCUT2D eigenvalue weighted by molar-refractivity contribution is -0.385. The normalized spacial score (nSPS) is 13.1. The molecule has 8 heteroatoms. The zero-order valence-electron chi connectivity index (χ0n) is 12.3. The zero-order chi connectivity index (χ0) is 17.3. The van der Waals surface area contributed by atoms with Crippen LogP contribution in [0.15, 0.2) is 42.5 Å². The highest BCUT2D eigenvalue weighted by molar-refractivity contribution is 6.30. The second-order valence-corrected chi connectivity index (χ2v) is 5.46. The maximum absolute atomic E-state index is 12.3. The molecule has 3 rings (SSSR count). The fourth-order valence-corrected chi connectivity index (χ4v) is 2.58. The molecule has 0 saturated carbocycles. The van der Waals surface area contributed by atoms with Gasteiger partial charge in [-0.25, -0.2) is 0 Å². The summed E-state index contributed by atoms with van der Waals surface area (Å²) in [5.74, 6) is -0.692. The number of nitro benzene ring substituents is 1. The molecular weight excluding hydrogens is 336 g/mol. The number of rotatable bonds is 5. The van der Waals surface area contributed by atoms with Gasteiger partial charge in [-0.15, -0.1) is 0 Å². The summed E-state index contributed by atoms with van der Waals surface area (Å²) in [5, 5.41) is 11.6. The lowest BCUT2D eigenvalue weighted by Gasteiger charge is -2.14. The van der Waals surface area contributed by atoms with E-state index in [9.17, 15) is 19.7 Å². The number of hydrogen-bond donors (Lipinski definition) is 0. The number of halogens is 1. The summed E-state index contributed by atoms with van der Waals surface area (Å²) in [6.07, 6.45) is 0. The lowest BCUT2D eigenvalue weighted by Crippen LogP contribution is -2.33. The van der Waals surface area contributed by atoms with Gasteiger partial charge in [0.25, 0.3) is 17.5 Å². The van der Waals surface area contributed by atoms with Crippen molar-refractivity contribution in [2.45, 2.75) is 0 Å². The number of benzene rings is 2. The van der Waals surface area contributed by atoms with Crippen molar-refractivity contribution in [1.29, 1.82) is 0 Å². The molecular formula is C16H11ClN2O5. The topological polar surface area (TPSA) is 89.8 Å². The van der Waals surface area contributed by atoms with E-state index in [0.717, 1.165) is 4.90 Å². The molecule has 0 N–H and O–H groups in total. The first kappa shape index (κ1) is 15.9. The maximum Gasteiger partial charge on any atom is 0.282 e. The van der Waals surface area contributed by atoms with Crippen molar-refractivity contribution < 1.29 is 19.2 Å². The van der Waals surface area contributed by atoms with Gasteiger partial charge in [0.05, 0.1) is 17.0 Å². The summed E-state index contributed by atoms with van der Waals surface area (Å²) in [6.45, 7) is 0.0625. The third-order valence-electron chi connectivity index (χ3n) is 3.57. The second kappa shape index (κ2) is 6.29. The van der Waals surface area contributed by atoms with Crippen molar-refractivity contribution in [2.24, 2.45) is 0 Å². The standard InChI is InChI=1S/C16H11ClN2O5/c17-10-4-6-11(7-5-10)24-9-8-18-15(20)12-2-1-3-13(19(22)23)14(12)16(18)21/h1-7H,8-9H2. The summed E-state index contributed by atoms with van der Waals surface area (Å²) < 4.78 is 5.46. The zero-order valence-corrected chi connectivity index (χ0v) is 13.0. The molecule has 0 atom stereocenters. The van der Waals surface area contributed by atoms with E-state index in [4.69, 9.17) is 16.3 Å². The molecule has 2 aromatic rings. The Labute approximate surface area is 141 Å². The van der Waals surface area contributed by atoms with E-state index in [0.29, 0.717) is 10.8 Å². The van der Waals surface area contributed by atoms with Crippen molar-refractivity contribution in [2.75, 3.05) is 13.2 Å². The molecule has 0 fully saturated rings. The van der Waals surface area contributed by atoms with Gasteiger partial charge in [0.2, 0.25) is 0 Å². The fourth-order valence-electron chi connectivity index (χ4n) is 2.46. The average Bonchev–Trinajstić information content (AvgIpc) is 2.81. The summed E-state index contributed by atoms with van der Waals surface area (Å²) in [6, 6.07) is 10.6. The number of fused-ring (bicyclic) bond motifs is 1. The lowest BCUT2D eigenvalue weighted by atomic mass is 10.1. The van der Waals surface area contributed by atoms with Gasteiger partial charge in [-0.1, -0.05) is 17.7 Å². The summed E-state index contributed by atoms with van der Waals surface area (Å²) in [5.41, 5.74) is -0.494. The van der Waals surface area contributed by atoms with Gasteiger partial charge >= 0.3 is 0 Å². The molecule has 122 valence electrons. The molecule has 0 radical (unpaired) electrons. The predicted molar refractivity (Wildman–Crippen MR) is 85.4 cm³/mol. The van der Waals surface area contributed by atoms with Crippen molar-refractivity contribution in [1.82, 2.24) is 4.90 Å².